The van der Waals surface area contributed by atoms with Gasteiger partial charge in [0.1, 0.15) is 12.4 Å². The van der Waals surface area contributed by atoms with Crippen LogP contribution in [-0.4, -0.2) is 88.4 Å². The van der Waals surface area contributed by atoms with Crippen LogP contribution in [0.3, 0.4) is 0 Å². The Balaban J connectivity index is 1.32. The zero-order valence-electron chi connectivity index (χ0n) is 24.4. The van der Waals surface area contributed by atoms with Gasteiger partial charge in [-0.15, -0.1) is 0 Å². The highest BCUT2D eigenvalue weighted by Gasteiger charge is 2.34. The van der Waals surface area contributed by atoms with Gasteiger partial charge < -0.3 is 24.5 Å². The highest BCUT2D eigenvalue weighted by molar-refractivity contribution is 5.94. The van der Waals surface area contributed by atoms with Crippen molar-refractivity contribution in [3.63, 3.8) is 0 Å². The molecule has 1 aromatic heterocycles. The Kier molecular flexibility index (Phi) is 8.02. The molecule has 0 spiro atoms. The van der Waals surface area contributed by atoms with Crippen molar-refractivity contribution in [3.8, 4) is 12.1 Å². The molecular formula is C32H39N7O3. The molecule has 2 fully saturated rings. The summed E-state index contributed by atoms with van der Waals surface area (Å²) in [5.41, 5.74) is 3.21. The number of nitrogens with zero attached hydrogens (tertiary/aromatic N) is 7. The Hall–Kier alpha value is -4.10. The summed E-state index contributed by atoms with van der Waals surface area (Å²) in [6.07, 6.45) is 2.18. The van der Waals surface area contributed by atoms with E-state index in [1.54, 1.807) is 0 Å². The van der Waals surface area contributed by atoms with Crippen LogP contribution < -0.4 is 14.5 Å². The van der Waals surface area contributed by atoms with Crippen LogP contribution in [0.15, 0.2) is 42.5 Å². The average Bonchev–Trinajstić information content (AvgIpc) is 3.48. The molecule has 1 N–H and O–H groups in total. The molecule has 0 aliphatic carbocycles. The summed E-state index contributed by atoms with van der Waals surface area (Å²) >= 11 is 0. The van der Waals surface area contributed by atoms with E-state index in [1.807, 2.05) is 0 Å². The highest BCUT2D eigenvalue weighted by atomic mass is 16.5. The lowest BCUT2D eigenvalue weighted by molar-refractivity contribution is 0.118. The number of fused-ring (bicyclic) bond motifs is 2. The number of hydrogen-bond acceptors (Lipinski definition) is 8. The summed E-state index contributed by atoms with van der Waals surface area (Å²) < 4.78 is 6.35. The summed E-state index contributed by atoms with van der Waals surface area (Å²) in [4.78, 5) is 30.2. The van der Waals surface area contributed by atoms with Crippen molar-refractivity contribution in [2.75, 3.05) is 49.1 Å². The number of benzene rings is 2. The van der Waals surface area contributed by atoms with E-state index in [0.717, 1.165) is 49.4 Å². The van der Waals surface area contributed by atoms with Gasteiger partial charge in [-0.3, -0.25) is 4.90 Å². The van der Waals surface area contributed by atoms with E-state index in [9.17, 15) is 15.2 Å². The predicted molar refractivity (Wildman–Crippen MR) is 162 cm³/mol. The fraction of sp³-hybridized carbons (Fsp3) is 0.500. The fourth-order valence-electron chi connectivity index (χ4n) is 6.87. The smallest absolute Gasteiger partial charge is 0.407 e. The number of aromatic nitrogens is 2. The van der Waals surface area contributed by atoms with Crippen LogP contribution in [0.2, 0.25) is 0 Å². The molecular weight excluding hydrogens is 530 g/mol. The van der Waals surface area contributed by atoms with Gasteiger partial charge in [-0.25, -0.2) is 4.79 Å². The van der Waals surface area contributed by atoms with E-state index < -0.39 is 12.1 Å². The first-order valence-electron chi connectivity index (χ1n) is 15.1. The van der Waals surface area contributed by atoms with Crippen molar-refractivity contribution in [1.29, 1.82) is 5.26 Å². The molecule has 2 atom stereocenters. The van der Waals surface area contributed by atoms with Crippen LogP contribution in [0.1, 0.15) is 44.4 Å². The topological polar surface area (TPSA) is 109 Å². The first-order valence-corrected chi connectivity index (χ1v) is 15.1. The molecule has 2 saturated heterocycles. The van der Waals surface area contributed by atoms with Gasteiger partial charge in [0.25, 0.3) is 0 Å². The number of carbonyl (C=O) groups is 1. The molecule has 3 aromatic rings. The lowest BCUT2D eigenvalue weighted by Crippen LogP contribution is -2.55. The summed E-state index contributed by atoms with van der Waals surface area (Å²) in [6.45, 7) is 8.76. The van der Waals surface area contributed by atoms with Gasteiger partial charge in [-0.2, -0.15) is 15.2 Å². The Morgan fingerprint density at radius 2 is 1.90 bits per heavy atom. The fourth-order valence-corrected chi connectivity index (χ4v) is 6.87. The number of nitriles is 1. The molecule has 2 aromatic carbocycles. The van der Waals surface area contributed by atoms with E-state index >= 15 is 0 Å². The third kappa shape index (κ3) is 5.53. The summed E-state index contributed by atoms with van der Waals surface area (Å²) in [5.74, 6) is 0.813. The SMILES string of the molecule is CC(C)N1CCC[C@H]1COc1nc2c(c(N3CCN(C(=O)O)[C@@H](CC#N)C3)n1)CCN(c1cccc3ccccc13)C2. The summed E-state index contributed by atoms with van der Waals surface area (Å²) in [5, 5.41) is 21.6. The van der Waals surface area contributed by atoms with Crippen molar-refractivity contribution in [2.24, 2.45) is 0 Å². The molecule has 0 bridgehead atoms. The van der Waals surface area contributed by atoms with Crippen LogP contribution in [0.25, 0.3) is 10.8 Å². The van der Waals surface area contributed by atoms with Crippen LogP contribution in [0.5, 0.6) is 6.01 Å². The average molecular weight is 570 g/mol. The van der Waals surface area contributed by atoms with Gasteiger partial charge in [-0.05, 0) is 51.1 Å². The number of amides is 1. The van der Waals surface area contributed by atoms with E-state index in [-0.39, 0.29) is 6.42 Å². The second kappa shape index (κ2) is 12.0. The molecule has 10 heteroatoms. The molecule has 0 saturated carbocycles. The first kappa shape index (κ1) is 28.0. The molecule has 3 aliphatic rings. The van der Waals surface area contributed by atoms with Crippen molar-refractivity contribution in [2.45, 2.75) is 64.2 Å². The van der Waals surface area contributed by atoms with Gasteiger partial charge in [0, 0.05) is 54.9 Å². The molecule has 10 nitrogen and oxygen atoms in total. The number of carboxylic acid groups (broad SMARTS) is 1. The summed E-state index contributed by atoms with van der Waals surface area (Å²) in [6, 6.07) is 17.8. The maximum Gasteiger partial charge on any atom is 0.407 e. The molecule has 0 radical (unpaired) electrons. The lowest BCUT2D eigenvalue weighted by Gasteiger charge is -2.41. The van der Waals surface area contributed by atoms with Crippen molar-refractivity contribution >= 4 is 28.4 Å². The highest BCUT2D eigenvalue weighted by Crippen LogP contribution is 2.35. The minimum Gasteiger partial charge on any atom is -0.465 e. The molecule has 220 valence electrons. The number of anilines is 2. The normalized spacial score (nSPS) is 21.0. The van der Waals surface area contributed by atoms with Gasteiger partial charge in [0.2, 0.25) is 0 Å². The van der Waals surface area contributed by atoms with E-state index in [2.05, 4.69) is 77.1 Å². The van der Waals surface area contributed by atoms with Crippen molar-refractivity contribution in [3.05, 3.63) is 53.7 Å². The second-order valence-electron chi connectivity index (χ2n) is 11.8. The van der Waals surface area contributed by atoms with Gasteiger partial charge in [0.05, 0.1) is 30.8 Å². The number of likely N-dealkylation sites (tertiary alicyclic amines) is 1. The maximum atomic E-state index is 11.9. The third-order valence-corrected chi connectivity index (χ3v) is 8.98. The standard InChI is InChI=1S/C32H39N7O3/c1-22(2)38-15-6-9-25(38)21-42-31-34-28-20-36(29-11-5-8-23-7-3-4-10-26(23)29)16-13-27(28)30(35-31)37-17-18-39(32(40)41)24(19-37)12-14-33/h3-5,7-8,10-11,22,24-25H,6,9,12-13,15-21H2,1-2H3,(H,40,41)/t24-,25-/m0/s1. The zero-order chi connectivity index (χ0) is 29.2. The monoisotopic (exact) mass is 569 g/mol. The van der Waals surface area contributed by atoms with E-state index in [0.29, 0.717) is 50.9 Å². The van der Waals surface area contributed by atoms with Crippen LogP contribution in [0, 0.1) is 11.3 Å². The number of hydrogen-bond donors (Lipinski definition) is 1. The number of ether oxygens (including phenoxy) is 1. The summed E-state index contributed by atoms with van der Waals surface area (Å²) in [7, 11) is 0. The van der Waals surface area contributed by atoms with Gasteiger partial charge in [-0.1, -0.05) is 36.4 Å². The van der Waals surface area contributed by atoms with Crippen LogP contribution >= 0.6 is 0 Å². The minimum absolute atomic E-state index is 0.140. The van der Waals surface area contributed by atoms with Crippen LogP contribution in [-0.2, 0) is 13.0 Å². The largest absolute Gasteiger partial charge is 0.465 e. The van der Waals surface area contributed by atoms with Gasteiger partial charge >= 0.3 is 12.1 Å². The molecule has 3 aliphatic heterocycles. The second-order valence-corrected chi connectivity index (χ2v) is 11.8. The molecule has 6 rings (SSSR count). The molecule has 4 heterocycles. The Morgan fingerprint density at radius 1 is 1.07 bits per heavy atom. The Bertz CT molecular complexity index is 1480. The Labute approximate surface area is 247 Å². The maximum absolute atomic E-state index is 11.9. The number of rotatable bonds is 7. The van der Waals surface area contributed by atoms with Crippen molar-refractivity contribution in [1.82, 2.24) is 19.8 Å². The minimum atomic E-state index is -0.986. The third-order valence-electron chi connectivity index (χ3n) is 8.98. The molecule has 0 unspecified atom stereocenters. The predicted octanol–water partition coefficient (Wildman–Crippen LogP) is 4.53. The first-order chi connectivity index (χ1) is 20.4. The lowest BCUT2D eigenvalue weighted by atomic mass is 10.0. The molecule has 42 heavy (non-hydrogen) atoms. The van der Waals surface area contributed by atoms with Crippen LogP contribution in [0.4, 0.5) is 16.3 Å². The van der Waals surface area contributed by atoms with E-state index in [4.69, 9.17) is 14.7 Å². The molecule has 1 amide bonds. The van der Waals surface area contributed by atoms with Gasteiger partial charge in [0.15, 0.2) is 0 Å². The van der Waals surface area contributed by atoms with E-state index in [1.165, 1.54) is 21.4 Å². The zero-order valence-corrected chi connectivity index (χ0v) is 24.4. The quantitative estimate of drug-likeness (QED) is 0.439. The number of piperazine rings is 1. The van der Waals surface area contributed by atoms with Crippen molar-refractivity contribution < 1.29 is 14.6 Å². The Morgan fingerprint density at radius 3 is 2.71 bits per heavy atom.